The molecular formula is C14H31NO. The molecular weight excluding hydrogens is 198 g/mol. The van der Waals surface area contributed by atoms with E-state index in [0.717, 1.165) is 12.5 Å². The summed E-state index contributed by atoms with van der Waals surface area (Å²) in [6.45, 7) is 14.2. The number of nitrogens with one attached hydrogen (secondary N) is 1. The van der Waals surface area contributed by atoms with Crippen LogP contribution in [-0.4, -0.2) is 25.8 Å². The second kappa shape index (κ2) is 7.29. The highest BCUT2D eigenvalue weighted by Gasteiger charge is 2.32. The molecule has 0 aliphatic rings. The molecule has 16 heavy (non-hydrogen) atoms. The molecule has 0 heterocycles. The van der Waals surface area contributed by atoms with Crippen molar-refractivity contribution in [1.82, 2.24) is 5.32 Å². The van der Waals surface area contributed by atoms with Crippen molar-refractivity contribution in [3.8, 4) is 0 Å². The summed E-state index contributed by atoms with van der Waals surface area (Å²) in [6, 6.07) is 0.454. The van der Waals surface area contributed by atoms with Gasteiger partial charge >= 0.3 is 0 Å². The Kier molecular flexibility index (Phi) is 7.25. The predicted molar refractivity (Wildman–Crippen MR) is 71.8 cm³/mol. The van der Waals surface area contributed by atoms with Gasteiger partial charge in [0.15, 0.2) is 0 Å². The zero-order valence-corrected chi connectivity index (χ0v) is 12.3. The summed E-state index contributed by atoms with van der Waals surface area (Å²) in [5, 5.41) is 3.43. The van der Waals surface area contributed by atoms with E-state index in [0.29, 0.717) is 6.04 Å². The Morgan fingerprint density at radius 3 is 2.06 bits per heavy atom. The Labute approximate surface area is 102 Å². The summed E-state index contributed by atoms with van der Waals surface area (Å²) in [4.78, 5) is 0. The van der Waals surface area contributed by atoms with Crippen molar-refractivity contribution in [2.75, 3.05) is 13.7 Å². The molecule has 0 saturated carbocycles. The Balaban J connectivity index is 4.58. The molecule has 0 fully saturated rings. The van der Waals surface area contributed by atoms with Crippen molar-refractivity contribution in [2.45, 2.75) is 66.5 Å². The molecule has 0 spiro atoms. The van der Waals surface area contributed by atoms with Crippen LogP contribution in [0, 0.1) is 11.3 Å². The lowest BCUT2D eigenvalue weighted by molar-refractivity contribution is -0.0386. The van der Waals surface area contributed by atoms with Gasteiger partial charge in [0.05, 0.1) is 6.10 Å². The van der Waals surface area contributed by atoms with E-state index >= 15 is 0 Å². The summed E-state index contributed by atoms with van der Waals surface area (Å²) in [5.41, 5.74) is 0.192. The first-order chi connectivity index (χ1) is 7.36. The molecule has 0 aromatic carbocycles. The standard InChI is InChI=1S/C14H31NO/c1-8-11(3)10-12(15-7)13(16-9-2)14(4,5)6/h11-13,15H,8-10H2,1-7H3. The van der Waals surface area contributed by atoms with E-state index in [2.05, 4.69) is 46.9 Å². The highest BCUT2D eigenvalue weighted by molar-refractivity contribution is 4.86. The average Bonchev–Trinajstić information content (AvgIpc) is 2.21. The van der Waals surface area contributed by atoms with Gasteiger partial charge in [-0.3, -0.25) is 0 Å². The van der Waals surface area contributed by atoms with E-state index in [1.807, 2.05) is 7.05 Å². The van der Waals surface area contributed by atoms with Crippen molar-refractivity contribution in [2.24, 2.45) is 11.3 Å². The topological polar surface area (TPSA) is 21.3 Å². The number of ether oxygens (including phenoxy) is 1. The second-order valence-corrected chi connectivity index (χ2v) is 5.89. The van der Waals surface area contributed by atoms with Crippen molar-refractivity contribution < 1.29 is 4.74 Å². The Hall–Kier alpha value is -0.0800. The molecule has 3 atom stereocenters. The largest absolute Gasteiger partial charge is 0.376 e. The molecule has 2 heteroatoms. The third-order valence-corrected chi connectivity index (χ3v) is 3.29. The number of likely N-dealkylation sites (N-methyl/N-ethyl adjacent to an activating group) is 1. The molecule has 0 aromatic rings. The van der Waals surface area contributed by atoms with Gasteiger partial charge in [-0.05, 0) is 31.7 Å². The Morgan fingerprint density at radius 2 is 1.75 bits per heavy atom. The highest BCUT2D eigenvalue weighted by Crippen LogP contribution is 2.28. The molecule has 0 amide bonds. The maximum atomic E-state index is 5.94. The summed E-state index contributed by atoms with van der Waals surface area (Å²) < 4.78 is 5.94. The van der Waals surface area contributed by atoms with Gasteiger partial charge in [-0.1, -0.05) is 41.0 Å². The lowest BCUT2D eigenvalue weighted by Crippen LogP contribution is -2.47. The van der Waals surface area contributed by atoms with Crippen LogP contribution in [-0.2, 0) is 4.74 Å². The van der Waals surface area contributed by atoms with Crippen molar-refractivity contribution in [3.05, 3.63) is 0 Å². The fourth-order valence-corrected chi connectivity index (χ4v) is 2.14. The molecule has 2 nitrogen and oxygen atoms in total. The SMILES string of the molecule is CCOC(C(CC(C)CC)NC)C(C)(C)C. The van der Waals surface area contributed by atoms with Crippen LogP contribution in [0.3, 0.4) is 0 Å². The first-order valence-electron chi connectivity index (χ1n) is 6.65. The molecule has 98 valence electrons. The minimum absolute atomic E-state index is 0.192. The molecule has 0 radical (unpaired) electrons. The summed E-state index contributed by atoms with van der Waals surface area (Å²) >= 11 is 0. The fraction of sp³-hybridized carbons (Fsp3) is 1.00. The van der Waals surface area contributed by atoms with Crippen LogP contribution in [0.4, 0.5) is 0 Å². The lowest BCUT2D eigenvalue weighted by Gasteiger charge is -2.37. The zero-order chi connectivity index (χ0) is 12.8. The average molecular weight is 229 g/mol. The van der Waals surface area contributed by atoms with Crippen LogP contribution in [0.1, 0.15) is 54.4 Å². The molecule has 0 saturated heterocycles. The number of hydrogen-bond acceptors (Lipinski definition) is 2. The maximum Gasteiger partial charge on any atom is 0.0775 e. The number of hydrogen-bond donors (Lipinski definition) is 1. The smallest absolute Gasteiger partial charge is 0.0775 e. The molecule has 0 aliphatic carbocycles. The molecule has 3 unspecified atom stereocenters. The van der Waals surface area contributed by atoms with Crippen LogP contribution in [0.2, 0.25) is 0 Å². The van der Waals surface area contributed by atoms with Crippen LogP contribution < -0.4 is 5.32 Å². The van der Waals surface area contributed by atoms with E-state index in [1.54, 1.807) is 0 Å². The van der Waals surface area contributed by atoms with Gasteiger partial charge in [-0.15, -0.1) is 0 Å². The van der Waals surface area contributed by atoms with Crippen LogP contribution in [0.25, 0.3) is 0 Å². The Bertz CT molecular complexity index is 174. The van der Waals surface area contributed by atoms with Crippen LogP contribution >= 0.6 is 0 Å². The minimum atomic E-state index is 0.192. The van der Waals surface area contributed by atoms with E-state index < -0.39 is 0 Å². The molecule has 0 bridgehead atoms. The summed E-state index contributed by atoms with van der Waals surface area (Å²) in [5.74, 6) is 0.753. The van der Waals surface area contributed by atoms with E-state index in [1.165, 1.54) is 12.8 Å². The predicted octanol–water partition coefficient (Wildman–Crippen LogP) is 3.46. The van der Waals surface area contributed by atoms with Gasteiger partial charge in [-0.25, -0.2) is 0 Å². The van der Waals surface area contributed by atoms with Gasteiger partial charge in [0.25, 0.3) is 0 Å². The van der Waals surface area contributed by atoms with Crippen molar-refractivity contribution in [3.63, 3.8) is 0 Å². The molecule has 0 rings (SSSR count). The quantitative estimate of drug-likeness (QED) is 0.722. The van der Waals surface area contributed by atoms with Crippen LogP contribution in [0.15, 0.2) is 0 Å². The minimum Gasteiger partial charge on any atom is -0.376 e. The van der Waals surface area contributed by atoms with Gasteiger partial charge in [0.2, 0.25) is 0 Å². The Morgan fingerprint density at radius 1 is 1.19 bits per heavy atom. The van der Waals surface area contributed by atoms with Gasteiger partial charge in [-0.2, -0.15) is 0 Å². The monoisotopic (exact) mass is 229 g/mol. The van der Waals surface area contributed by atoms with Gasteiger partial charge in [0, 0.05) is 12.6 Å². The van der Waals surface area contributed by atoms with Gasteiger partial charge in [0.1, 0.15) is 0 Å². The fourth-order valence-electron chi connectivity index (χ4n) is 2.14. The van der Waals surface area contributed by atoms with Crippen LogP contribution in [0.5, 0.6) is 0 Å². The summed E-state index contributed by atoms with van der Waals surface area (Å²) in [7, 11) is 2.05. The molecule has 0 aromatic heterocycles. The lowest BCUT2D eigenvalue weighted by atomic mass is 9.81. The number of rotatable bonds is 7. The third-order valence-electron chi connectivity index (χ3n) is 3.29. The first kappa shape index (κ1) is 15.9. The highest BCUT2D eigenvalue weighted by atomic mass is 16.5. The zero-order valence-electron chi connectivity index (χ0n) is 12.3. The first-order valence-corrected chi connectivity index (χ1v) is 6.65. The van der Waals surface area contributed by atoms with E-state index in [-0.39, 0.29) is 11.5 Å². The second-order valence-electron chi connectivity index (χ2n) is 5.89. The molecule has 1 N–H and O–H groups in total. The third kappa shape index (κ3) is 5.31. The van der Waals surface area contributed by atoms with E-state index in [4.69, 9.17) is 4.74 Å². The molecule has 0 aliphatic heterocycles. The normalized spacial score (nSPS) is 18.2. The van der Waals surface area contributed by atoms with E-state index in [9.17, 15) is 0 Å². The van der Waals surface area contributed by atoms with Gasteiger partial charge < -0.3 is 10.1 Å². The summed E-state index contributed by atoms with van der Waals surface area (Å²) in [6.07, 6.45) is 2.72. The maximum absolute atomic E-state index is 5.94. The van der Waals surface area contributed by atoms with Crippen molar-refractivity contribution in [1.29, 1.82) is 0 Å². The van der Waals surface area contributed by atoms with Crippen molar-refractivity contribution >= 4 is 0 Å².